The Morgan fingerprint density at radius 3 is 2.73 bits per heavy atom. The van der Waals surface area contributed by atoms with E-state index in [1.807, 2.05) is 11.2 Å². The summed E-state index contributed by atoms with van der Waals surface area (Å²) in [6.07, 6.45) is 3.54. The topological polar surface area (TPSA) is 210 Å². The molecule has 2 aliphatic rings. The van der Waals surface area contributed by atoms with Gasteiger partial charge in [-0.05, 0) is 6.92 Å². The predicted molar refractivity (Wildman–Crippen MR) is 127 cm³/mol. The number of amides is 2. The fraction of sp³-hybridized carbons (Fsp3) is 0.316. The molecule has 1 saturated heterocycles. The molecule has 0 spiro atoms. The average Bonchev–Trinajstić information content (AvgIpc) is 3.29. The smallest absolute Gasteiger partial charge is 0.429 e. The first-order valence-corrected chi connectivity index (χ1v) is 14.0. The number of pyridine rings is 1. The Bertz CT molecular complexity index is 1330. The Morgan fingerprint density at radius 1 is 1.35 bits per heavy atom. The highest BCUT2D eigenvalue weighted by Crippen LogP contribution is 2.40. The standard InChI is InChI=1S/C19H20N7O8PS2/c1-2-34-22-11(14-21-19(37-24-14)23-35(31,32)33)15(27)20-12-16(28)26-13(18(29)30)10(9-36-17(12)26)8-25-6-4-3-5-7-25/h3-7,12,17H,2,8-9H2,1H3,(H4-,20,21,23,24,27,29,30,31,32,33)/t12?,17-/m0/s1. The number of oxime groups is 1. The number of thioether (sulfide) groups is 1. The number of β-lactam (4-membered cyclic amide) rings is 1. The second-order valence-corrected chi connectivity index (χ2v) is 10.8. The molecule has 18 heteroatoms. The van der Waals surface area contributed by atoms with Gasteiger partial charge in [0.15, 0.2) is 18.9 Å². The lowest BCUT2D eigenvalue weighted by atomic mass is 10.0. The summed E-state index contributed by atoms with van der Waals surface area (Å²) in [5.74, 6) is -3.03. The van der Waals surface area contributed by atoms with Gasteiger partial charge in [-0.25, -0.2) is 9.13 Å². The van der Waals surface area contributed by atoms with Crippen LogP contribution in [-0.2, 0) is 30.3 Å². The summed E-state index contributed by atoms with van der Waals surface area (Å²) in [6, 6.07) is 4.34. The number of fused-ring (bicyclic) bond motifs is 1. The summed E-state index contributed by atoms with van der Waals surface area (Å²) in [5, 5.41) is 19.0. The van der Waals surface area contributed by atoms with Gasteiger partial charge in [0.05, 0.1) is 11.7 Å². The monoisotopic (exact) mass is 569 g/mol. The number of nitrogens with one attached hydrogen (secondary N) is 2. The number of carboxylic acids is 1. The van der Waals surface area contributed by atoms with Gasteiger partial charge in [-0.1, -0.05) is 11.2 Å². The molecule has 1 fully saturated rings. The van der Waals surface area contributed by atoms with E-state index in [2.05, 4.69) is 19.8 Å². The molecule has 2 amide bonds. The van der Waals surface area contributed by atoms with Crippen molar-refractivity contribution in [3.8, 4) is 0 Å². The minimum atomic E-state index is -4.66. The zero-order chi connectivity index (χ0) is 26.7. The zero-order valence-corrected chi connectivity index (χ0v) is 21.5. The zero-order valence-electron chi connectivity index (χ0n) is 19.0. The molecule has 4 heterocycles. The van der Waals surface area contributed by atoms with Crippen LogP contribution in [0.3, 0.4) is 0 Å². The maximum absolute atomic E-state index is 13.0. The van der Waals surface area contributed by atoms with Gasteiger partial charge in [0.2, 0.25) is 16.7 Å². The quantitative estimate of drug-likeness (QED) is 0.0819. The van der Waals surface area contributed by atoms with E-state index in [1.165, 1.54) is 11.8 Å². The van der Waals surface area contributed by atoms with Crippen LogP contribution in [0.15, 0.2) is 47.0 Å². The minimum Gasteiger partial charge on any atom is -0.543 e. The molecule has 0 bridgehead atoms. The number of hydrogen-bond acceptors (Lipinski definition) is 11. The van der Waals surface area contributed by atoms with E-state index in [1.54, 1.807) is 36.0 Å². The predicted octanol–water partition coefficient (Wildman–Crippen LogP) is -1.83. The van der Waals surface area contributed by atoms with Crippen molar-refractivity contribution in [2.45, 2.75) is 24.9 Å². The van der Waals surface area contributed by atoms with Crippen LogP contribution in [0.5, 0.6) is 0 Å². The number of anilines is 1. The van der Waals surface area contributed by atoms with Crippen LogP contribution in [0.1, 0.15) is 12.7 Å². The highest BCUT2D eigenvalue weighted by atomic mass is 32.2. The van der Waals surface area contributed by atoms with Gasteiger partial charge < -0.3 is 29.8 Å². The van der Waals surface area contributed by atoms with Crippen molar-refractivity contribution in [2.75, 3.05) is 17.4 Å². The Balaban J connectivity index is 1.52. The third-order valence-electron chi connectivity index (χ3n) is 5.06. The van der Waals surface area contributed by atoms with Gasteiger partial charge in [0.25, 0.3) is 11.8 Å². The molecule has 0 aromatic carbocycles. The maximum Gasteiger partial charge on any atom is 0.429 e. The number of nitrogens with zero attached hydrogens (tertiary/aromatic N) is 5. The van der Waals surface area contributed by atoms with Crippen molar-refractivity contribution in [3.05, 3.63) is 47.7 Å². The highest BCUT2D eigenvalue weighted by molar-refractivity contribution is 8.00. The molecule has 2 atom stereocenters. The number of hydrogen-bond donors (Lipinski definition) is 4. The Kier molecular flexibility index (Phi) is 7.89. The molecule has 15 nitrogen and oxygen atoms in total. The molecule has 2 aliphatic heterocycles. The lowest BCUT2D eigenvalue weighted by molar-refractivity contribution is -0.689. The van der Waals surface area contributed by atoms with Crippen LogP contribution < -0.4 is 20.1 Å². The molecule has 4 N–H and O–H groups in total. The van der Waals surface area contributed by atoms with E-state index < -0.39 is 42.7 Å². The molecule has 1 unspecified atom stereocenters. The second kappa shape index (κ2) is 10.9. The molecule has 0 saturated carbocycles. The van der Waals surface area contributed by atoms with Crippen molar-refractivity contribution in [2.24, 2.45) is 5.16 Å². The van der Waals surface area contributed by atoms with Gasteiger partial charge in [0.1, 0.15) is 18.0 Å². The summed E-state index contributed by atoms with van der Waals surface area (Å²) < 4.78 is 16.8. The number of carbonyl (C=O) groups excluding carboxylic acids is 3. The first-order chi connectivity index (χ1) is 17.6. The van der Waals surface area contributed by atoms with E-state index in [4.69, 9.17) is 14.6 Å². The van der Waals surface area contributed by atoms with E-state index in [-0.39, 0.29) is 35.6 Å². The molecule has 37 heavy (non-hydrogen) atoms. The van der Waals surface area contributed by atoms with Crippen molar-refractivity contribution in [3.63, 3.8) is 0 Å². The lowest BCUT2D eigenvalue weighted by Gasteiger charge is -2.50. The molecule has 0 aliphatic carbocycles. The molecule has 0 radical (unpaired) electrons. The average molecular weight is 570 g/mol. The van der Waals surface area contributed by atoms with E-state index in [0.717, 1.165) is 4.90 Å². The normalized spacial score (nSPS) is 19.7. The molecule has 2 aromatic heterocycles. The summed E-state index contributed by atoms with van der Waals surface area (Å²) in [4.78, 5) is 65.9. The van der Waals surface area contributed by atoms with Crippen molar-refractivity contribution in [1.82, 2.24) is 19.6 Å². The van der Waals surface area contributed by atoms with Crippen LogP contribution in [-0.4, -0.2) is 71.3 Å². The molecular formula is C19H20N7O8PS2. The molecule has 2 aromatic rings. The van der Waals surface area contributed by atoms with Gasteiger partial charge in [-0.3, -0.25) is 19.6 Å². The van der Waals surface area contributed by atoms with Gasteiger partial charge in [-0.15, -0.1) is 11.8 Å². The van der Waals surface area contributed by atoms with Crippen LogP contribution >= 0.6 is 31.0 Å². The molecule has 4 rings (SSSR count). The number of aliphatic carboxylic acids is 1. The molecule has 196 valence electrons. The summed E-state index contributed by atoms with van der Waals surface area (Å²) in [5.41, 5.74) is -0.167. The van der Waals surface area contributed by atoms with Crippen molar-refractivity contribution in [1.29, 1.82) is 0 Å². The SMILES string of the molecule is CCON=C(C(=O)NC1C(=O)N2C(C(=O)[O-])=C(C[n+]3ccccc3)CS[C@@H]12)c1nsc(NP(=O)(O)O)n1. The lowest BCUT2D eigenvalue weighted by Crippen LogP contribution is -2.71. The number of carbonyl (C=O) groups is 3. The largest absolute Gasteiger partial charge is 0.543 e. The Hall–Kier alpha value is -3.37. The number of rotatable bonds is 10. The second-order valence-electron chi connectivity index (χ2n) is 7.59. The third-order valence-corrected chi connectivity index (χ3v) is 7.68. The van der Waals surface area contributed by atoms with Crippen LogP contribution in [0.2, 0.25) is 0 Å². The van der Waals surface area contributed by atoms with E-state index >= 15 is 0 Å². The number of carboxylic acid groups (broad SMARTS) is 1. The van der Waals surface area contributed by atoms with E-state index in [9.17, 15) is 24.1 Å². The Labute approximate surface area is 217 Å². The van der Waals surface area contributed by atoms with Crippen LogP contribution in [0.4, 0.5) is 5.13 Å². The minimum absolute atomic E-state index is 0.0884. The maximum atomic E-state index is 13.0. The first kappa shape index (κ1) is 26.7. The fourth-order valence-corrected chi connectivity index (χ4v) is 6.15. The van der Waals surface area contributed by atoms with Gasteiger partial charge in [-0.2, -0.15) is 9.36 Å². The van der Waals surface area contributed by atoms with Crippen molar-refractivity contribution >= 4 is 59.7 Å². The van der Waals surface area contributed by atoms with Crippen molar-refractivity contribution < 1.29 is 43.2 Å². The summed E-state index contributed by atoms with van der Waals surface area (Å²) in [6.45, 7) is 1.95. The first-order valence-electron chi connectivity index (χ1n) is 10.6. The van der Waals surface area contributed by atoms with Gasteiger partial charge in [0, 0.05) is 35.0 Å². The summed E-state index contributed by atoms with van der Waals surface area (Å²) in [7, 11) is -4.66. The third kappa shape index (κ3) is 5.97. The number of aromatic nitrogens is 3. The molecular weight excluding hydrogens is 549 g/mol. The summed E-state index contributed by atoms with van der Waals surface area (Å²) >= 11 is 1.86. The van der Waals surface area contributed by atoms with E-state index in [0.29, 0.717) is 17.1 Å². The van der Waals surface area contributed by atoms with Crippen LogP contribution in [0.25, 0.3) is 0 Å². The van der Waals surface area contributed by atoms with Crippen LogP contribution in [0, 0.1) is 0 Å². The highest BCUT2D eigenvalue weighted by Gasteiger charge is 2.53. The van der Waals surface area contributed by atoms with Gasteiger partial charge >= 0.3 is 7.75 Å². The fourth-order valence-electron chi connectivity index (χ4n) is 3.57. The Morgan fingerprint density at radius 2 is 2.08 bits per heavy atom.